The van der Waals surface area contributed by atoms with E-state index in [0.717, 1.165) is 12.1 Å². The van der Waals surface area contributed by atoms with Gasteiger partial charge in [0.2, 0.25) is 6.41 Å². The largest absolute Gasteiger partial charge is 0.328 e. The Morgan fingerprint density at radius 3 is 2.27 bits per heavy atom. The predicted octanol–water partition coefficient (Wildman–Crippen LogP) is 3.50. The van der Waals surface area contributed by atoms with Crippen molar-refractivity contribution in [3.05, 3.63) is 29.3 Å². The molecule has 0 aliphatic carbocycles. The molecule has 0 radical (unpaired) electrons. The van der Waals surface area contributed by atoms with Crippen LogP contribution in [0, 0.1) is 0 Å². The Labute approximate surface area is 91.7 Å². The molecule has 0 heterocycles. The highest BCUT2D eigenvalue weighted by atomic mass is 16.1. The number of amides is 1. The Hall–Kier alpha value is -1.31. The van der Waals surface area contributed by atoms with Crippen LogP contribution < -0.4 is 5.32 Å². The van der Waals surface area contributed by atoms with Crippen LogP contribution in [0.5, 0.6) is 0 Å². The van der Waals surface area contributed by atoms with Gasteiger partial charge in [-0.3, -0.25) is 4.79 Å². The summed E-state index contributed by atoms with van der Waals surface area (Å²) in [4.78, 5) is 10.5. The standard InChI is InChI=1S/C13H19NO/c1-9(2)11-6-5-7-12(14-8-15)13(11)10(3)4/h5-10H,1-4H3,(H,14,15). The first-order valence-electron chi connectivity index (χ1n) is 5.41. The molecule has 0 aliphatic heterocycles. The molecule has 0 aliphatic rings. The summed E-state index contributed by atoms with van der Waals surface area (Å²) in [5.41, 5.74) is 3.50. The zero-order chi connectivity index (χ0) is 11.4. The van der Waals surface area contributed by atoms with Gasteiger partial charge in [-0.05, 0) is 29.0 Å². The first kappa shape index (κ1) is 11.8. The van der Waals surface area contributed by atoms with Gasteiger partial charge in [0.15, 0.2) is 0 Å². The van der Waals surface area contributed by atoms with E-state index in [0.29, 0.717) is 11.8 Å². The van der Waals surface area contributed by atoms with Crippen LogP contribution in [0.25, 0.3) is 0 Å². The van der Waals surface area contributed by atoms with E-state index in [4.69, 9.17) is 0 Å². The monoisotopic (exact) mass is 205 g/mol. The molecule has 82 valence electrons. The summed E-state index contributed by atoms with van der Waals surface area (Å²) in [6, 6.07) is 6.08. The van der Waals surface area contributed by atoms with Gasteiger partial charge in [0.1, 0.15) is 0 Å². The number of anilines is 1. The van der Waals surface area contributed by atoms with Crippen LogP contribution in [0.4, 0.5) is 5.69 Å². The predicted molar refractivity (Wildman–Crippen MR) is 64.3 cm³/mol. The van der Waals surface area contributed by atoms with Crippen molar-refractivity contribution in [2.75, 3.05) is 5.32 Å². The minimum absolute atomic E-state index is 0.422. The average molecular weight is 205 g/mol. The molecule has 15 heavy (non-hydrogen) atoms. The Morgan fingerprint density at radius 2 is 1.80 bits per heavy atom. The Kier molecular flexibility index (Phi) is 3.89. The molecule has 0 fully saturated rings. The summed E-state index contributed by atoms with van der Waals surface area (Å²) < 4.78 is 0. The maximum atomic E-state index is 10.5. The topological polar surface area (TPSA) is 29.1 Å². The van der Waals surface area contributed by atoms with Crippen molar-refractivity contribution < 1.29 is 4.79 Å². The highest BCUT2D eigenvalue weighted by Gasteiger charge is 2.13. The lowest BCUT2D eigenvalue weighted by Crippen LogP contribution is -2.05. The second-order valence-electron chi connectivity index (χ2n) is 4.38. The molecule has 2 nitrogen and oxygen atoms in total. The van der Waals surface area contributed by atoms with Crippen molar-refractivity contribution in [1.29, 1.82) is 0 Å². The molecule has 1 aromatic carbocycles. The Morgan fingerprint density at radius 1 is 1.13 bits per heavy atom. The third-order valence-electron chi connectivity index (χ3n) is 2.55. The van der Waals surface area contributed by atoms with Crippen LogP contribution in [0.15, 0.2) is 18.2 Å². The minimum atomic E-state index is 0.422. The number of carbonyl (C=O) groups is 1. The molecule has 0 atom stereocenters. The van der Waals surface area contributed by atoms with Gasteiger partial charge in [0, 0.05) is 5.69 Å². The normalized spacial score (nSPS) is 10.8. The van der Waals surface area contributed by atoms with Crippen molar-refractivity contribution in [3.8, 4) is 0 Å². The van der Waals surface area contributed by atoms with Gasteiger partial charge >= 0.3 is 0 Å². The van der Waals surface area contributed by atoms with E-state index in [9.17, 15) is 4.79 Å². The van der Waals surface area contributed by atoms with Crippen LogP contribution in [0.1, 0.15) is 50.7 Å². The Bertz CT molecular complexity index is 342. The molecule has 0 aromatic heterocycles. The summed E-state index contributed by atoms with van der Waals surface area (Å²) in [6.07, 6.45) is 0.741. The van der Waals surface area contributed by atoms with E-state index in [1.54, 1.807) is 0 Å². The molecular formula is C13H19NO. The van der Waals surface area contributed by atoms with Crippen molar-refractivity contribution in [2.24, 2.45) is 0 Å². The molecule has 0 saturated heterocycles. The number of hydrogen-bond acceptors (Lipinski definition) is 1. The van der Waals surface area contributed by atoms with Crippen LogP contribution in [0.2, 0.25) is 0 Å². The third kappa shape index (κ3) is 2.58. The summed E-state index contributed by atoms with van der Waals surface area (Å²) in [5, 5.41) is 2.77. The number of hydrogen-bond donors (Lipinski definition) is 1. The molecule has 0 bridgehead atoms. The fourth-order valence-electron chi connectivity index (χ4n) is 1.92. The minimum Gasteiger partial charge on any atom is -0.328 e. The van der Waals surface area contributed by atoms with Crippen molar-refractivity contribution in [3.63, 3.8) is 0 Å². The van der Waals surface area contributed by atoms with E-state index in [2.05, 4.69) is 39.1 Å². The van der Waals surface area contributed by atoms with Gasteiger partial charge in [0.05, 0.1) is 0 Å². The SMILES string of the molecule is CC(C)c1cccc(NC=O)c1C(C)C. The van der Waals surface area contributed by atoms with Gasteiger partial charge in [-0.2, -0.15) is 0 Å². The van der Waals surface area contributed by atoms with Gasteiger partial charge in [-0.1, -0.05) is 39.8 Å². The van der Waals surface area contributed by atoms with Crippen molar-refractivity contribution in [2.45, 2.75) is 39.5 Å². The molecule has 1 aromatic rings. The van der Waals surface area contributed by atoms with E-state index in [-0.39, 0.29) is 0 Å². The zero-order valence-corrected chi connectivity index (χ0v) is 9.87. The molecule has 0 unspecified atom stereocenters. The summed E-state index contributed by atoms with van der Waals surface area (Å²) in [5.74, 6) is 0.904. The van der Waals surface area contributed by atoms with E-state index in [1.807, 2.05) is 12.1 Å². The maximum absolute atomic E-state index is 10.5. The average Bonchev–Trinajstić information content (AvgIpc) is 2.17. The second-order valence-corrected chi connectivity index (χ2v) is 4.38. The Balaban J connectivity index is 3.27. The molecule has 1 amide bonds. The van der Waals surface area contributed by atoms with Crippen LogP contribution in [-0.2, 0) is 4.79 Å². The van der Waals surface area contributed by atoms with Gasteiger partial charge in [-0.15, -0.1) is 0 Å². The number of rotatable bonds is 4. The summed E-state index contributed by atoms with van der Waals surface area (Å²) in [7, 11) is 0. The molecule has 0 saturated carbocycles. The third-order valence-corrected chi connectivity index (χ3v) is 2.55. The summed E-state index contributed by atoms with van der Waals surface area (Å²) >= 11 is 0. The number of benzene rings is 1. The van der Waals surface area contributed by atoms with Crippen molar-refractivity contribution in [1.82, 2.24) is 0 Å². The highest BCUT2D eigenvalue weighted by molar-refractivity contribution is 5.74. The zero-order valence-electron chi connectivity index (χ0n) is 9.87. The van der Waals surface area contributed by atoms with E-state index in [1.165, 1.54) is 11.1 Å². The molecule has 1 rings (SSSR count). The number of nitrogens with one attached hydrogen (secondary N) is 1. The lowest BCUT2D eigenvalue weighted by atomic mass is 9.89. The van der Waals surface area contributed by atoms with Gasteiger partial charge in [-0.25, -0.2) is 0 Å². The fourth-order valence-corrected chi connectivity index (χ4v) is 1.92. The van der Waals surface area contributed by atoms with Crippen molar-refractivity contribution >= 4 is 12.1 Å². The van der Waals surface area contributed by atoms with Crippen LogP contribution in [0.3, 0.4) is 0 Å². The lowest BCUT2D eigenvalue weighted by Gasteiger charge is -2.19. The van der Waals surface area contributed by atoms with E-state index < -0.39 is 0 Å². The highest BCUT2D eigenvalue weighted by Crippen LogP contribution is 2.31. The first-order valence-corrected chi connectivity index (χ1v) is 5.41. The van der Waals surface area contributed by atoms with Gasteiger partial charge < -0.3 is 5.32 Å². The van der Waals surface area contributed by atoms with Gasteiger partial charge in [0.25, 0.3) is 0 Å². The maximum Gasteiger partial charge on any atom is 0.211 e. The molecular weight excluding hydrogens is 186 g/mol. The first-order chi connectivity index (χ1) is 7.07. The molecule has 2 heteroatoms. The van der Waals surface area contributed by atoms with E-state index >= 15 is 0 Å². The second kappa shape index (κ2) is 4.96. The summed E-state index contributed by atoms with van der Waals surface area (Å²) in [6.45, 7) is 8.65. The quantitative estimate of drug-likeness (QED) is 0.749. The molecule has 0 spiro atoms. The van der Waals surface area contributed by atoms with Crippen LogP contribution >= 0.6 is 0 Å². The van der Waals surface area contributed by atoms with Crippen LogP contribution in [-0.4, -0.2) is 6.41 Å². The smallest absolute Gasteiger partial charge is 0.211 e. The molecule has 1 N–H and O–H groups in total. The number of carbonyl (C=O) groups excluding carboxylic acids is 1. The fraction of sp³-hybridized carbons (Fsp3) is 0.462. The lowest BCUT2D eigenvalue weighted by molar-refractivity contribution is -0.105.